The highest BCUT2D eigenvalue weighted by Gasteiger charge is 2.33. The van der Waals surface area contributed by atoms with Gasteiger partial charge in [0, 0.05) is 16.1 Å². The maximum Gasteiger partial charge on any atom is 0.416 e. The van der Waals surface area contributed by atoms with E-state index >= 15 is 0 Å². The molecule has 0 aliphatic heterocycles. The van der Waals surface area contributed by atoms with E-state index in [-0.39, 0.29) is 5.69 Å². The first kappa shape index (κ1) is 27.7. The summed E-state index contributed by atoms with van der Waals surface area (Å²) >= 11 is 3.40. The predicted molar refractivity (Wildman–Crippen MR) is 139 cm³/mol. The summed E-state index contributed by atoms with van der Waals surface area (Å²) in [5, 5.41) is 15.3. The molecule has 0 amide bonds. The number of ether oxygens (including phenoxy) is 2. The van der Waals surface area contributed by atoms with Gasteiger partial charge in [0.2, 0.25) is 0 Å². The molecule has 37 heavy (non-hydrogen) atoms. The fraction of sp³-hybridized carbons (Fsp3) is 0.192. The minimum Gasteiger partial charge on any atom is -0.490 e. The number of nitro benzene ring substituents is 1. The predicted octanol–water partition coefficient (Wildman–Crippen LogP) is 7.53. The van der Waals surface area contributed by atoms with E-state index in [9.17, 15) is 23.3 Å². The van der Waals surface area contributed by atoms with Gasteiger partial charge in [0.1, 0.15) is 12.3 Å². The van der Waals surface area contributed by atoms with Crippen molar-refractivity contribution in [3.8, 4) is 11.5 Å². The Balaban J connectivity index is 1.87. The van der Waals surface area contributed by atoms with Crippen LogP contribution in [0.1, 0.15) is 29.2 Å². The number of hydrogen-bond donors (Lipinski definition) is 1. The van der Waals surface area contributed by atoms with E-state index < -0.39 is 22.4 Å². The molecule has 7 nitrogen and oxygen atoms in total. The lowest BCUT2D eigenvalue weighted by Crippen LogP contribution is -2.07. The van der Waals surface area contributed by atoms with Crippen LogP contribution < -0.4 is 14.9 Å². The summed E-state index contributed by atoms with van der Waals surface area (Å²) in [5.74, 6) is 1.02. The van der Waals surface area contributed by atoms with Crippen LogP contribution in [0.25, 0.3) is 0 Å². The average molecular weight is 578 g/mol. The van der Waals surface area contributed by atoms with Crippen LogP contribution in [0.15, 0.2) is 76.8 Å². The molecule has 3 aromatic carbocycles. The minimum absolute atomic E-state index is 0.181. The van der Waals surface area contributed by atoms with Crippen LogP contribution in [-0.2, 0) is 19.2 Å². The molecule has 0 radical (unpaired) electrons. The third-order valence-electron chi connectivity index (χ3n) is 5.04. The molecule has 0 aliphatic rings. The molecule has 194 valence electrons. The van der Waals surface area contributed by atoms with E-state index in [1.807, 2.05) is 31.2 Å². The highest BCUT2D eigenvalue weighted by molar-refractivity contribution is 9.10. The summed E-state index contributed by atoms with van der Waals surface area (Å²) in [7, 11) is 0. The molecule has 0 atom stereocenters. The van der Waals surface area contributed by atoms with Crippen molar-refractivity contribution in [2.75, 3.05) is 12.0 Å². The van der Waals surface area contributed by atoms with E-state index in [0.29, 0.717) is 42.8 Å². The Morgan fingerprint density at radius 3 is 2.49 bits per heavy atom. The number of alkyl halides is 3. The van der Waals surface area contributed by atoms with Gasteiger partial charge in [-0.1, -0.05) is 34.1 Å². The van der Waals surface area contributed by atoms with Crippen molar-refractivity contribution in [1.82, 2.24) is 0 Å². The number of halogens is 4. The summed E-state index contributed by atoms with van der Waals surface area (Å²) in [5.41, 5.74) is 2.73. The van der Waals surface area contributed by atoms with Crippen molar-refractivity contribution < 1.29 is 27.6 Å². The standard InChI is InChI=1S/C26H23BrF3N3O4/c1-3-5-19-12-18(13-24(36-4-2)25(19)37-16-17-6-9-21(27)10-7-17)15-31-32-22-11-8-20(26(28,29)30)14-23(22)33(34)35/h3,6-15,32H,1,4-5,16H2,2H3/b31-15-. The second-order valence-electron chi connectivity index (χ2n) is 7.71. The van der Waals surface area contributed by atoms with Crippen LogP contribution in [0.3, 0.4) is 0 Å². The van der Waals surface area contributed by atoms with Gasteiger partial charge in [0.15, 0.2) is 11.5 Å². The van der Waals surface area contributed by atoms with E-state index in [1.54, 1.807) is 18.2 Å². The number of nitrogens with one attached hydrogen (secondary N) is 1. The van der Waals surface area contributed by atoms with Gasteiger partial charge in [-0.05, 0) is 60.9 Å². The molecule has 3 aromatic rings. The first-order valence-corrected chi connectivity index (χ1v) is 11.8. The van der Waals surface area contributed by atoms with E-state index in [1.165, 1.54) is 6.21 Å². The summed E-state index contributed by atoms with van der Waals surface area (Å²) in [4.78, 5) is 10.4. The fourth-order valence-electron chi connectivity index (χ4n) is 3.36. The Morgan fingerprint density at radius 1 is 1.14 bits per heavy atom. The molecule has 0 fully saturated rings. The van der Waals surface area contributed by atoms with Crippen molar-refractivity contribution in [1.29, 1.82) is 0 Å². The van der Waals surface area contributed by atoms with Gasteiger partial charge in [-0.15, -0.1) is 6.58 Å². The van der Waals surface area contributed by atoms with Crippen LogP contribution in [0.2, 0.25) is 0 Å². The summed E-state index contributed by atoms with van der Waals surface area (Å²) in [6, 6.07) is 13.4. The smallest absolute Gasteiger partial charge is 0.416 e. The molecule has 0 unspecified atom stereocenters. The lowest BCUT2D eigenvalue weighted by molar-refractivity contribution is -0.384. The second kappa shape index (κ2) is 12.4. The monoisotopic (exact) mass is 577 g/mol. The normalized spacial score (nSPS) is 11.4. The minimum atomic E-state index is -4.70. The molecule has 0 bridgehead atoms. The van der Waals surface area contributed by atoms with Crippen LogP contribution in [0.5, 0.6) is 11.5 Å². The number of nitro groups is 1. The third kappa shape index (κ3) is 7.56. The fourth-order valence-corrected chi connectivity index (χ4v) is 3.62. The average Bonchev–Trinajstić information content (AvgIpc) is 2.84. The van der Waals surface area contributed by atoms with Gasteiger partial charge in [0.25, 0.3) is 5.69 Å². The van der Waals surface area contributed by atoms with Crippen molar-refractivity contribution in [3.63, 3.8) is 0 Å². The Kier molecular flexibility index (Phi) is 9.29. The molecule has 0 heterocycles. The van der Waals surface area contributed by atoms with Gasteiger partial charge in [-0.2, -0.15) is 18.3 Å². The van der Waals surface area contributed by atoms with Gasteiger partial charge in [-0.25, -0.2) is 0 Å². The third-order valence-corrected chi connectivity index (χ3v) is 5.56. The Morgan fingerprint density at radius 2 is 1.86 bits per heavy atom. The first-order valence-electron chi connectivity index (χ1n) is 11.0. The number of benzene rings is 3. The lowest BCUT2D eigenvalue weighted by atomic mass is 10.1. The quantitative estimate of drug-likeness (QED) is 0.110. The molecule has 0 saturated heterocycles. The Labute approximate surface area is 219 Å². The zero-order chi connectivity index (χ0) is 27.0. The summed E-state index contributed by atoms with van der Waals surface area (Å²) in [6.45, 7) is 6.31. The van der Waals surface area contributed by atoms with Crippen molar-refractivity contribution in [2.24, 2.45) is 5.10 Å². The second-order valence-corrected chi connectivity index (χ2v) is 8.62. The van der Waals surface area contributed by atoms with Crippen molar-refractivity contribution in [3.05, 3.63) is 104 Å². The van der Waals surface area contributed by atoms with Gasteiger partial charge >= 0.3 is 6.18 Å². The Bertz CT molecular complexity index is 1300. The highest BCUT2D eigenvalue weighted by atomic mass is 79.9. The zero-order valence-corrected chi connectivity index (χ0v) is 21.3. The molecule has 0 aromatic heterocycles. The molecule has 3 rings (SSSR count). The van der Waals surface area contributed by atoms with Crippen molar-refractivity contribution in [2.45, 2.75) is 26.1 Å². The number of nitrogens with zero attached hydrogens (tertiary/aromatic N) is 2. The maximum absolute atomic E-state index is 12.9. The molecule has 0 aliphatic carbocycles. The number of hydrazone groups is 1. The van der Waals surface area contributed by atoms with Gasteiger partial charge in [0.05, 0.1) is 23.3 Å². The van der Waals surface area contributed by atoms with Crippen LogP contribution >= 0.6 is 15.9 Å². The number of hydrogen-bond acceptors (Lipinski definition) is 6. The SMILES string of the molecule is C=CCc1cc(/C=N\Nc2ccc(C(F)(F)F)cc2[N+](=O)[O-])cc(OCC)c1OCc1ccc(Br)cc1. The number of allylic oxidation sites excluding steroid dienone is 1. The van der Waals surface area contributed by atoms with Gasteiger partial charge in [-0.3, -0.25) is 15.5 Å². The summed E-state index contributed by atoms with van der Waals surface area (Å²) < 4.78 is 51.6. The van der Waals surface area contributed by atoms with E-state index in [4.69, 9.17) is 9.47 Å². The van der Waals surface area contributed by atoms with Crippen molar-refractivity contribution >= 4 is 33.5 Å². The molecule has 1 N–H and O–H groups in total. The lowest BCUT2D eigenvalue weighted by Gasteiger charge is -2.17. The molecule has 11 heteroatoms. The highest BCUT2D eigenvalue weighted by Crippen LogP contribution is 2.36. The van der Waals surface area contributed by atoms with Crippen LogP contribution in [-0.4, -0.2) is 17.7 Å². The Hall–Kier alpha value is -3.86. The van der Waals surface area contributed by atoms with E-state index in [0.717, 1.165) is 27.7 Å². The van der Waals surface area contributed by atoms with Crippen LogP contribution in [0.4, 0.5) is 24.5 Å². The van der Waals surface area contributed by atoms with Gasteiger partial charge < -0.3 is 9.47 Å². The maximum atomic E-state index is 12.9. The molecular weight excluding hydrogens is 555 g/mol. The topological polar surface area (TPSA) is 86.0 Å². The van der Waals surface area contributed by atoms with Crippen LogP contribution in [0, 0.1) is 10.1 Å². The first-order chi connectivity index (χ1) is 17.6. The largest absolute Gasteiger partial charge is 0.490 e. The van der Waals surface area contributed by atoms with E-state index in [2.05, 4.69) is 33.0 Å². The molecule has 0 spiro atoms. The number of anilines is 1. The summed E-state index contributed by atoms with van der Waals surface area (Å²) in [6.07, 6.45) is -1.14. The molecular formula is C26H23BrF3N3O4. The molecule has 0 saturated carbocycles. The zero-order valence-electron chi connectivity index (χ0n) is 19.7. The number of rotatable bonds is 11.